The molecule has 2 rings (SSSR count). The van der Waals surface area contributed by atoms with Gasteiger partial charge in [-0.1, -0.05) is 38.7 Å². The molecule has 128 valence electrons. The molecule has 3 N–H and O–H groups in total. The Kier molecular flexibility index (Phi) is 6.64. The molecule has 24 heavy (non-hydrogen) atoms. The third-order valence-corrected chi connectivity index (χ3v) is 3.74. The first-order valence-corrected chi connectivity index (χ1v) is 8.37. The van der Waals surface area contributed by atoms with Crippen molar-refractivity contribution in [2.75, 3.05) is 11.9 Å². The van der Waals surface area contributed by atoms with Gasteiger partial charge in [-0.05, 0) is 30.9 Å². The predicted molar refractivity (Wildman–Crippen MR) is 94.0 cm³/mol. The normalized spacial score (nSPS) is 10.3. The number of nitrogens with zero attached hydrogens (tertiary/aromatic N) is 2. The molecular formula is C18H24N4O2. The Balaban J connectivity index is 2.36. The second-order valence-electron chi connectivity index (χ2n) is 5.52. The summed E-state index contributed by atoms with van der Waals surface area (Å²) in [6, 6.07) is 5.92. The summed E-state index contributed by atoms with van der Waals surface area (Å²) in [5.41, 5.74) is 4.26. The van der Waals surface area contributed by atoms with Gasteiger partial charge in [-0.25, -0.2) is 10.5 Å². The van der Waals surface area contributed by atoms with E-state index in [-0.39, 0.29) is 6.54 Å². The maximum absolute atomic E-state index is 11.3. The van der Waals surface area contributed by atoms with Gasteiger partial charge in [0.05, 0.1) is 6.54 Å². The van der Waals surface area contributed by atoms with Crippen LogP contribution < -0.4 is 10.8 Å². The monoisotopic (exact) mass is 328 g/mol. The van der Waals surface area contributed by atoms with Gasteiger partial charge in [-0.2, -0.15) is 0 Å². The number of rotatable bonds is 7. The fraction of sp³-hybridized carbons (Fsp3) is 0.444. The molecule has 6 nitrogen and oxygen atoms in total. The highest BCUT2D eigenvalue weighted by atomic mass is 16.5. The molecule has 0 bridgehead atoms. The highest BCUT2D eigenvalue weighted by Gasteiger charge is 2.13. The minimum Gasteiger partial charge on any atom is -0.359 e. The molecule has 6 heteroatoms. The number of fused-ring (bicyclic) bond motifs is 1. The molecule has 2 aromatic rings. The van der Waals surface area contributed by atoms with Crippen LogP contribution in [0.5, 0.6) is 0 Å². The van der Waals surface area contributed by atoms with E-state index >= 15 is 0 Å². The van der Waals surface area contributed by atoms with E-state index in [9.17, 15) is 4.79 Å². The van der Waals surface area contributed by atoms with E-state index in [1.165, 1.54) is 12.8 Å². The first-order chi connectivity index (χ1) is 11.7. The minimum atomic E-state index is -0.523. The van der Waals surface area contributed by atoms with E-state index in [1.54, 1.807) is 5.48 Å². The molecule has 0 aliphatic rings. The van der Waals surface area contributed by atoms with E-state index in [0.717, 1.165) is 36.3 Å². The van der Waals surface area contributed by atoms with Crippen LogP contribution in [0.3, 0.4) is 0 Å². The molecule has 0 saturated heterocycles. The van der Waals surface area contributed by atoms with Gasteiger partial charge in [-0.15, -0.1) is 0 Å². The molecule has 0 unspecified atom stereocenters. The van der Waals surface area contributed by atoms with Gasteiger partial charge in [0.1, 0.15) is 11.3 Å². The van der Waals surface area contributed by atoms with Gasteiger partial charge >= 0.3 is 0 Å². The van der Waals surface area contributed by atoms with Gasteiger partial charge in [0, 0.05) is 12.1 Å². The summed E-state index contributed by atoms with van der Waals surface area (Å²) >= 11 is 0. The SMILES string of the molecule is CCCCCC#Cc1c(NCC(=O)NO)nc2cccc(CC)n12. The maximum Gasteiger partial charge on any atom is 0.262 e. The maximum atomic E-state index is 11.3. The van der Waals surface area contributed by atoms with Crippen LogP contribution in [0, 0.1) is 11.8 Å². The van der Waals surface area contributed by atoms with Crippen LogP contribution >= 0.6 is 0 Å². The van der Waals surface area contributed by atoms with E-state index < -0.39 is 5.91 Å². The number of aryl methyl sites for hydroxylation is 1. The van der Waals surface area contributed by atoms with Gasteiger partial charge in [0.25, 0.3) is 5.91 Å². The van der Waals surface area contributed by atoms with Gasteiger partial charge in [0.2, 0.25) is 0 Å². The van der Waals surface area contributed by atoms with Crippen LogP contribution in [0.1, 0.15) is 50.9 Å². The van der Waals surface area contributed by atoms with Crippen LogP contribution in [0.25, 0.3) is 5.65 Å². The number of nitrogens with one attached hydrogen (secondary N) is 2. The summed E-state index contributed by atoms with van der Waals surface area (Å²) in [6.45, 7) is 4.19. The molecule has 2 aromatic heterocycles. The molecule has 0 fully saturated rings. The zero-order chi connectivity index (χ0) is 17.4. The van der Waals surface area contributed by atoms with Crippen LogP contribution in [-0.4, -0.2) is 27.0 Å². The topological polar surface area (TPSA) is 78.7 Å². The Hall–Kier alpha value is -2.52. The average Bonchev–Trinajstić information content (AvgIpc) is 2.97. The Bertz CT molecular complexity index is 755. The highest BCUT2D eigenvalue weighted by Crippen LogP contribution is 2.19. The second-order valence-corrected chi connectivity index (χ2v) is 5.52. The van der Waals surface area contributed by atoms with Crippen molar-refractivity contribution < 1.29 is 10.0 Å². The van der Waals surface area contributed by atoms with Crippen molar-refractivity contribution in [1.82, 2.24) is 14.9 Å². The third-order valence-electron chi connectivity index (χ3n) is 3.74. The number of hydroxylamine groups is 1. The third kappa shape index (κ3) is 4.27. The highest BCUT2D eigenvalue weighted by molar-refractivity contribution is 5.80. The van der Waals surface area contributed by atoms with E-state index in [2.05, 4.69) is 36.0 Å². The fourth-order valence-corrected chi connectivity index (χ4v) is 2.49. The van der Waals surface area contributed by atoms with Crippen LogP contribution in [-0.2, 0) is 11.2 Å². The lowest BCUT2D eigenvalue weighted by Crippen LogP contribution is -2.27. The standard InChI is InChI=1S/C18H24N4O2/c1-3-5-6-7-8-11-15-18(19-13-17(23)21-24)20-16-12-9-10-14(4-2)22(15)16/h9-10,12,19,24H,3-7,13H2,1-2H3,(H,21,23). The average molecular weight is 328 g/mol. The van der Waals surface area contributed by atoms with Crippen LogP contribution in [0.2, 0.25) is 0 Å². The molecule has 1 amide bonds. The van der Waals surface area contributed by atoms with Gasteiger partial charge in [-0.3, -0.25) is 14.4 Å². The van der Waals surface area contributed by atoms with Crippen molar-refractivity contribution in [2.24, 2.45) is 0 Å². The van der Waals surface area contributed by atoms with Gasteiger partial charge < -0.3 is 5.32 Å². The van der Waals surface area contributed by atoms with Crippen molar-refractivity contribution in [1.29, 1.82) is 0 Å². The molecule has 0 atom stereocenters. The van der Waals surface area contributed by atoms with Crippen LogP contribution in [0.15, 0.2) is 18.2 Å². The number of anilines is 1. The number of unbranched alkanes of at least 4 members (excludes halogenated alkanes) is 3. The van der Waals surface area contributed by atoms with Crippen LogP contribution in [0.4, 0.5) is 5.82 Å². The Morgan fingerprint density at radius 2 is 2.17 bits per heavy atom. The lowest BCUT2D eigenvalue weighted by Gasteiger charge is -2.05. The fourth-order valence-electron chi connectivity index (χ4n) is 2.49. The zero-order valence-corrected chi connectivity index (χ0v) is 14.2. The molecular weight excluding hydrogens is 304 g/mol. The lowest BCUT2D eigenvalue weighted by molar-refractivity contribution is -0.127. The molecule has 2 heterocycles. The predicted octanol–water partition coefficient (Wildman–Crippen LogP) is 2.75. The molecule has 0 aromatic carbocycles. The van der Waals surface area contributed by atoms with E-state index in [0.29, 0.717) is 5.82 Å². The zero-order valence-electron chi connectivity index (χ0n) is 14.2. The molecule has 0 aliphatic carbocycles. The second kappa shape index (κ2) is 8.94. The Morgan fingerprint density at radius 1 is 1.33 bits per heavy atom. The number of aromatic nitrogens is 2. The number of pyridine rings is 1. The summed E-state index contributed by atoms with van der Waals surface area (Å²) < 4.78 is 2.02. The van der Waals surface area contributed by atoms with Crippen molar-refractivity contribution in [3.05, 3.63) is 29.6 Å². The summed E-state index contributed by atoms with van der Waals surface area (Å²) in [7, 11) is 0. The number of hydrogen-bond donors (Lipinski definition) is 3. The number of imidazole rings is 1. The number of hydrogen-bond acceptors (Lipinski definition) is 4. The summed E-state index contributed by atoms with van der Waals surface area (Å²) in [6.07, 6.45) is 5.11. The number of carbonyl (C=O) groups excluding carboxylic acids is 1. The summed E-state index contributed by atoms with van der Waals surface area (Å²) in [5.74, 6) is 6.45. The molecule has 0 spiro atoms. The molecule has 0 aliphatic heterocycles. The van der Waals surface area contributed by atoms with Crippen molar-refractivity contribution >= 4 is 17.4 Å². The van der Waals surface area contributed by atoms with Crippen molar-refractivity contribution in [2.45, 2.75) is 46.0 Å². The Labute approximate surface area is 142 Å². The summed E-state index contributed by atoms with van der Waals surface area (Å²) in [4.78, 5) is 15.8. The smallest absolute Gasteiger partial charge is 0.262 e. The lowest BCUT2D eigenvalue weighted by atomic mass is 10.2. The van der Waals surface area contributed by atoms with Gasteiger partial charge in [0.15, 0.2) is 5.82 Å². The number of carbonyl (C=O) groups is 1. The Morgan fingerprint density at radius 3 is 2.88 bits per heavy atom. The number of amides is 1. The quantitative estimate of drug-likeness (QED) is 0.316. The van der Waals surface area contributed by atoms with Crippen molar-refractivity contribution in [3.8, 4) is 11.8 Å². The van der Waals surface area contributed by atoms with E-state index in [4.69, 9.17) is 5.21 Å². The minimum absolute atomic E-state index is 0.0631. The molecule has 0 radical (unpaired) electrons. The first-order valence-electron chi connectivity index (χ1n) is 8.37. The van der Waals surface area contributed by atoms with Crippen molar-refractivity contribution in [3.63, 3.8) is 0 Å². The summed E-state index contributed by atoms with van der Waals surface area (Å²) in [5, 5.41) is 11.6. The molecule has 0 saturated carbocycles. The first kappa shape index (κ1) is 17.8. The largest absolute Gasteiger partial charge is 0.359 e. The van der Waals surface area contributed by atoms with E-state index in [1.807, 2.05) is 22.6 Å².